The maximum Gasteiger partial charge on any atom is 0.177 e. The second kappa shape index (κ2) is 4.94. The minimum atomic E-state index is -0.528. The molecule has 0 saturated heterocycles. The third kappa shape index (κ3) is 2.12. The van der Waals surface area contributed by atoms with E-state index in [0.29, 0.717) is 16.9 Å². The summed E-state index contributed by atoms with van der Waals surface area (Å²) in [6.45, 7) is 0. The lowest BCUT2D eigenvalue weighted by atomic mass is 10.0. The van der Waals surface area contributed by atoms with Crippen molar-refractivity contribution in [2.45, 2.75) is 0 Å². The van der Waals surface area contributed by atoms with Gasteiger partial charge in [-0.15, -0.1) is 0 Å². The Hall–Kier alpha value is -2.40. The molecule has 2 N–H and O–H groups in total. The fourth-order valence-electron chi connectivity index (χ4n) is 1.93. The van der Waals surface area contributed by atoms with Crippen LogP contribution in [0, 0.1) is 5.82 Å². The number of pyridine rings is 1. The summed E-state index contributed by atoms with van der Waals surface area (Å²) in [7, 11) is 0. The van der Waals surface area contributed by atoms with E-state index in [1.165, 1.54) is 12.1 Å². The van der Waals surface area contributed by atoms with E-state index in [9.17, 15) is 4.39 Å². The summed E-state index contributed by atoms with van der Waals surface area (Å²) in [5.41, 5.74) is 7.75. The summed E-state index contributed by atoms with van der Waals surface area (Å²) < 4.78 is 18.8. The topological polar surface area (TPSA) is 64.9 Å². The molecule has 0 aliphatic rings. The molecule has 0 saturated carbocycles. The number of aromatic nitrogens is 2. The molecule has 1 aromatic carbocycles. The minimum Gasteiger partial charge on any atom is -0.380 e. The van der Waals surface area contributed by atoms with Crippen molar-refractivity contribution < 1.29 is 8.91 Å². The second-order valence-corrected chi connectivity index (χ2v) is 4.54. The molecule has 2 heterocycles. The first-order valence-corrected chi connectivity index (χ1v) is 6.15. The van der Waals surface area contributed by atoms with Gasteiger partial charge in [0, 0.05) is 18.0 Å². The van der Waals surface area contributed by atoms with Crippen LogP contribution in [0.15, 0.2) is 47.2 Å². The first kappa shape index (κ1) is 12.6. The number of hydrogen-bond acceptors (Lipinski definition) is 4. The zero-order chi connectivity index (χ0) is 14.1. The van der Waals surface area contributed by atoms with Crippen molar-refractivity contribution in [2.75, 3.05) is 5.73 Å². The lowest BCUT2D eigenvalue weighted by Crippen LogP contribution is -1.89. The highest BCUT2D eigenvalue weighted by molar-refractivity contribution is 6.30. The molecule has 2 aromatic heterocycles. The van der Waals surface area contributed by atoms with E-state index in [4.69, 9.17) is 21.9 Å². The van der Waals surface area contributed by atoms with E-state index in [2.05, 4.69) is 10.1 Å². The number of nitrogens with two attached hydrogens (primary N) is 1. The van der Waals surface area contributed by atoms with E-state index >= 15 is 0 Å². The Morgan fingerprint density at radius 3 is 2.55 bits per heavy atom. The number of nitrogens with zero attached hydrogens (tertiary/aromatic N) is 2. The number of hydrogen-bond donors (Lipinski definition) is 1. The first-order valence-electron chi connectivity index (χ1n) is 5.78. The molecule has 0 fully saturated rings. The summed E-state index contributed by atoms with van der Waals surface area (Å²) in [5, 5.41) is 3.80. The zero-order valence-corrected chi connectivity index (χ0v) is 10.9. The van der Waals surface area contributed by atoms with Gasteiger partial charge in [-0.2, -0.15) is 0 Å². The number of rotatable bonds is 2. The van der Waals surface area contributed by atoms with Crippen LogP contribution >= 0.6 is 11.6 Å². The van der Waals surface area contributed by atoms with Crippen molar-refractivity contribution in [1.82, 2.24) is 10.1 Å². The van der Waals surface area contributed by atoms with E-state index in [1.54, 1.807) is 30.6 Å². The van der Waals surface area contributed by atoms with E-state index in [0.717, 1.165) is 5.56 Å². The highest BCUT2D eigenvalue weighted by Crippen LogP contribution is 2.37. The minimum absolute atomic E-state index is 0.0479. The SMILES string of the molecule is Nc1noc(-c2ccc(Cl)c(F)c2)c1-c1ccncc1. The molecular weight excluding hydrogens is 281 g/mol. The molecule has 0 aliphatic heterocycles. The Labute approximate surface area is 119 Å². The lowest BCUT2D eigenvalue weighted by Gasteiger charge is -2.03. The van der Waals surface area contributed by atoms with E-state index < -0.39 is 5.82 Å². The highest BCUT2D eigenvalue weighted by Gasteiger charge is 2.18. The Kier molecular flexibility index (Phi) is 3.12. The number of halogens is 2. The van der Waals surface area contributed by atoms with Gasteiger partial charge in [-0.25, -0.2) is 4.39 Å². The van der Waals surface area contributed by atoms with Gasteiger partial charge in [0.2, 0.25) is 0 Å². The van der Waals surface area contributed by atoms with Crippen molar-refractivity contribution in [3.05, 3.63) is 53.6 Å². The summed E-state index contributed by atoms with van der Waals surface area (Å²) in [5.74, 6) is 0.102. The Bertz CT molecular complexity index is 758. The maximum absolute atomic E-state index is 13.6. The highest BCUT2D eigenvalue weighted by atomic mass is 35.5. The average molecular weight is 290 g/mol. The fraction of sp³-hybridized carbons (Fsp3) is 0. The van der Waals surface area contributed by atoms with Crippen molar-refractivity contribution in [3.8, 4) is 22.5 Å². The van der Waals surface area contributed by atoms with Crippen LogP contribution in [-0.2, 0) is 0 Å². The normalized spacial score (nSPS) is 10.7. The van der Waals surface area contributed by atoms with Gasteiger partial charge in [-0.1, -0.05) is 16.8 Å². The molecule has 3 rings (SSSR count). The molecule has 0 atom stereocenters. The molecule has 6 heteroatoms. The molecule has 0 unspecified atom stereocenters. The number of benzene rings is 1. The van der Waals surface area contributed by atoms with E-state index in [-0.39, 0.29) is 10.8 Å². The monoisotopic (exact) mass is 289 g/mol. The molecule has 0 spiro atoms. The molecule has 0 bridgehead atoms. The van der Waals surface area contributed by atoms with Crippen LogP contribution in [-0.4, -0.2) is 10.1 Å². The summed E-state index contributed by atoms with van der Waals surface area (Å²) in [6.07, 6.45) is 3.27. The van der Waals surface area contributed by atoms with Crippen molar-refractivity contribution in [3.63, 3.8) is 0 Å². The van der Waals surface area contributed by atoms with Gasteiger partial charge >= 0.3 is 0 Å². The summed E-state index contributed by atoms with van der Waals surface area (Å²) >= 11 is 5.68. The van der Waals surface area contributed by atoms with Crippen LogP contribution in [0.4, 0.5) is 10.2 Å². The quantitative estimate of drug-likeness (QED) is 0.780. The van der Waals surface area contributed by atoms with Crippen molar-refractivity contribution in [1.29, 1.82) is 0 Å². The van der Waals surface area contributed by atoms with Crippen LogP contribution in [0.2, 0.25) is 5.02 Å². The van der Waals surface area contributed by atoms with Crippen LogP contribution < -0.4 is 5.73 Å². The molecule has 20 heavy (non-hydrogen) atoms. The predicted molar refractivity (Wildman–Crippen MR) is 74.6 cm³/mol. The third-order valence-electron chi connectivity index (χ3n) is 2.87. The lowest BCUT2D eigenvalue weighted by molar-refractivity contribution is 0.436. The molecule has 4 nitrogen and oxygen atoms in total. The van der Waals surface area contributed by atoms with E-state index in [1.807, 2.05) is 0 Å². The smallest absolute Gasteiger partial charge is 0.177 e. The molecular formula is C14H9ClFN3O. The van der Waals surface area contributed by atoms with Crippen molar-refractivity contribution in [2.24, 2.45) is 0 Å². The molecule has 0 radical (unpaired) electrons. The number of nitrogen functional groups attached to an aromatic ring is 1. The van der Waals surface area contributed by atoms with Gasteiger partial charge in [0.05, 0.1) is 10.6 Å². The van der Waals surface area contributed by atoms with Crippen LogP contribution in [0.3, 0.4) is 0 Å². The van der Waals surface area contributed by atoms with Crippen LogP contribution in [0.1, 0.15) is 0 Å². The Morgan fingerprint density at radius 1 is 1.10 bits per heavy atom. The molecule has 0 amide bonds. The number of anilines is 1. The standard InChI is InChI=1S/C14H9ClFN3O/c15-10-2-1-9(7-11(10)16)13-12(14(17)19-20-13)8-3-5-18-6-4-8/h1-7H,(H2,17,19). The zero-order valence-electron chi connectivity index (χ0n) is 10.2. The summed E-state index contributed by atoms with van der Waals surface area (Å²) in [6, 6.07) is 7.95. The molecule has 100 valence electrons. The van der Waals surface area contributed by atoms with Crippen LogP contribution in [0.25, 0.3) is 22.5 Å². The first-order chi connectivity index (χ1) is 9.66. The predicted octanol–water partition coefficient (Wildman–Crippen LogP) is 3.78. The van der Waals surface area contributed by atoms with Crippen molar-refractivity contribution >= 4 is 17.4 Å². The van der Waals surface area contributed by atoms with Gasteiger partial charge in [-0.3, -0.25) is 4.98 Å². The average Bonchev–Trinajstić information content (AvgIpc) is 2.85. The molecule has 0 aliphatic carbocycles. The fourth-order valence-corrected chi connectivity index (χ4v) is 2.05. The summed E-state index contributed by atoms with van der Waals surface area (Å²) in [4.78, 5) is 3.94. The third-order valence-corrected chi connectivity index (χ3v) is 3.18. The second-order valence-electron chi connectivity index (χ2n) is 4.14. The van der Waals surface area contributed by atoms with Gasteiger partial charge in [0.15, 0.2) is 11.6 Å². The van der Waals surface area contributed by atoms with Gasteiger partial charge in [-0.05, 0) is 35.9 Å². The van der Waals surface area contributed by atoms with Crippen LogP contribution in [0.5, 0.6) is 0 Å². The molecule has 3 aromatic rings. The van der Waals surface area contributed by atoms with Gasteiger partial charge < -0.3 is 10.3 Å². The van der Waals surface area contributed by atoms with Gasteiger partial charge in [0.1, 0.15) is 5.82 Å². The Morgan fingerprint density at radius 2 is 1.85 bits per heavy atom. The Balaban J connectivity index is 2.18. The van der Waals surface area contributed by atoms with Gasteiger partial charge in [0.25, 0.3) is 0 Å². The maximum atomic E-state index is 13.6. The largest absolute Gasteiger partial charge is 0.380 e.